The molecule has 0 unspecified atom stereocenters. The van der Waals surface area contributed by atoms with Crippen LogP contribution in [0.5, 0.6) is 0 Å². The maximum atomic E-state index is 4.71. The van der Waals surface area contributed by atoms with Gasteiger partial charge < -0.3 is 5.32 Å². The van der Waals surface area contributed by atoms with E-state index in [1.165, 1.54) is 15.0 Å². The first-order valence-corrected chi connectivity index (χ1v) is 8.09. The SMILES string of the molecule is CC(C)NCc1nc(-c2cc3ccccc3s2)cs1. The Labute approximate surface area is 121 Å². The number of rotatable bonds is 4. The topological polar surface area (TPSA) is 24.9 Å². The van der Waals surface area contributed by atoms with E-state index in [1.807, 2.05) is 11.3 Å². The van der Waals surface area contributed by atoms with Crippen LogP contribution in [-0.2, 0) is 6.54 Å². The van der Waals surface area contributed by atoms with Crippen LogP contribution in [0.1, 0.15) is 18.9 Å². The van der Waals surface area contributed by atoms with E-state index in [9.17, 15) is 0 Å². The van der Waals surface area contributed by atoms with Gasteiger partial charge in [-0.05, 0) is 17.5 Å². The van der Waals surface area contributed by atoms with Crippen molar-refractivity contribution in [1.29, 1.82) is 0 Å². The Morgan fingerprint density at radius 3 is 2.89 bits per heavy atom. The summed E-state index contributed by atoms with van der Waals surface area (Å²) in [5, 5.41) is 8.02. The summed E-state index contributed by atoms with van der Waals surface area (Å²) >= 11 is 3.54. The summed E-state index contributed by atoms with van der Waals surface area (Å²) in [4.78, 5) is 5.97. The lowest BCUT2D eigenvalue weighted by Crippen LogP contribution is -2.21. The standard InChI is InChI=1S/C15H16N2S2/c1-10(2)16-8-15-17-12(9-18-15)14-7-11-5-3-4-6-13(11)19-14/h3-7,9-10,16H,8H2,1-2H3. The van der Waals surface area contributed by atoms with Gasteiger partial charge in [0.05, 0.1) is 10.6 Å². The molecule has 0 bridgehead atoms. The summed E-state index contributed by atoms with van der Waals surface area (Å²) in [5.74, 6) is 0. The van der Waals surface area contributed by atoms with Crippen LogP contribution in [0.25, 0.3) is 20.7 Å². The minimum Gasteiger partial charge on any atom is -0.308 e. The monoisotopic (exact) mass is 288 g/mol. The van der Waals surface area contributed by atoms with E-state index in [1.54, 1.807) is 11.3 Å². The lowest BCUT2D eigenvalue weighted by molar-refractivity contribution is 0.587. The van der Waals surface area contributed by atoms with Crippen molar-refractivity contribution in [2.75, 3.05) is 0 Å². The zero-order valence-electron chi connectivity index (χ0n) is 11.0. The predicted molar refractivity (Wildman–Crippen MR) is 84.9 cm³/mol. The van der Waals surface area contributed by atoms with Gasteiger partial charge in [0.15, 0.2) is 0 Å². The Morgan fingerprint density at radius 1 is 1.26 bits per heavy atom. The fourth-order valence-electron chi connectivity index (χ4n) is 1.90. The van der Waals surface area contributed by atoms with Crippen LogP contribution in [0.3, 0.4) is 0 Å². The van der Waals surface area contributed by atoms with E-state index in [0.717, 1.165) is 17.2 Å². The molecule has 0 atom stereocenters. The Balaban J connectivity index is 1.85. The summed E-state index contributed by atoms with van der Waals surface area (Å²) in [7, 11) is 0. The number of thiazole rings is 1. The average molecular weight is 288 g/mol. The fraction of sp³-hybridized carbons (Fsp3) is 0.267. The third-order valence-corrected chi connectivity index (χ3v) is 4.88. The molecule has 0 saturated carbocycles. The van der Waals surface area contributed by atoms with Crippen molar-refractivity contribution in [3.63, 3.8) is 0 Å². The number of fused-ring (bicyclic) bond motifs is 1. The zero-order valence-corrected chi connectivity index (χ0v) is 12.6. The number of thiophene rings is 1. The zero-order chi connectivity index (χ0) is 13.2. The normalized spacial score (nSPS) is 11.5. The maximum Gasteiger partial charge on any atom is 0.107 e. The molecule has 19 heavy (non-hydrogen) atoms. The summed E-state index contributed by atoms with van der Waals surface area (Å²) in [5.41, 5.74) is 1.10. The van der Waals surface area contributed by atoms with Crippen LogP contribution < -0.4 is 5.32 Å². The van der Waals surface area contributed by atoms with E-state index < -0.39 is 0 Å². The summed E-state index contributed by atoms with van der Waals surface area (Å²) in [6.45, 7) is 5.16. The number of hydrogen-bond donors (Lipinski definition) is 1. The molecule has 0 spiro atoms. The molecule has 0 amide bonds. The van der Waals surface area contributed by atoms with Crippen molar-refractivity contribution in [2.24, 2.45) is 0 Å². The summed E-state index contributed by atoms with van der Waals surface area (Å²) in [6, 6.07) is 11.2. The minimum absolute atomic E-state index is 0.497. The molecular formula is C15H16N2S2. The number of nitrogens with one attached hydrogen (secondary N) is 1. The highest BCUT2D eigenvalue weighted by Gasteiger charge is 2.08. The van der Waals surface area contributed by atoms with E-state index in [2.05, 4.69) is 54.9 Å². The number of hydrogen-bond acceptors (Lipinski definition) is 4. The average Bonchev–Trinajstić information content (AvgIpc) is 3.02. The number of nitrogens with zero attached hydrogens (tertiary/aromatic N) is 1. The van der Waals surface area contributed by atoms with Crippen molar-refractivity contribution in [3.8, 4) is 10.6 Å². The van der Waals surface area contributed by atoms with Gasteiger partial charge in [-0.2, -0.15) is 0 Å². The lowest BCUT2D eigenvalue weighted by Gasteiger charge is -2.04. The second-order valence-corrected chi connectivity index (χ2v) is 6.84. The molecule has 0 radical (unpaired) electrons. The van der Waals surface area contributed by atoms with E-state index in [0.29, 0.717) is 6.04 Å². The number of aromatic nitrogens is 1. The molecule has 2 aromatic heterocycles. The van der Waals surface area contributed by atoms with Gasteiger partial charge in [0, 0.05) is 22.7 Å². The van der Waals surface area contributed by atoms with Crippen LogP contribution in [-0.4, -0.2) is 11.0 Å². The quantitative estimate of drug-likeness (QED) is 0.763. The maximum absolute atomic E-state index is 4.71. The molecule has 98 valence electrons. The molecule has 0 aliphatic rings. The van der Waals surface area contributed by atoms with Gasteiger partial charge in [-0.25, -0.2) is 4.98 Å². The van der Waals surface area contributed by atoms with Crippen molar-refractivity contribution >= 4 is 32.8 Å². The highest BCUT2D eigenvalue weighted by atomic mass is 32.1. The third kappa shape index (κ3) is 2.86. The summed E-state index contributed by atoms with van der Waals surface area (Å²) in [6.07, 6.45) is 0. The summed E-state index contributed by atoms with van der Waals surface area (Å²) < 4.78 is 1.33. The highest BCUT2D eigenvalue weighted by Crippen LogP contribution is 2.33. The van der Waals surface area contributed by atoms with Gasteiger partial charge in [0.1, 0.15) is 5.01 Å². The smallest absolute Gasteiger partial charge is 0.107 e. The van der Waals surface area contributed by atoms with Gasteiger partial charge in [0.2, 0.25) is 0 Å². The van der Waals surface area contributed by atoms with Crippen LogP contribution in [0, 0.1) is 0 Å². The molecule has 1 N–H and O–H groups in total. The van der Waals surface area contributed by atoms with Crippen LogP contribution >= 0.6 is 22.7 Å². The van der Waals surface area contributed by atoms with Crippen molar-refractivity contribution in [2.45, 2.75) is 26.4 Å². The molecule has 3 aromatic rings. The van der Waals surface area contributed by atoms with Crippen molar-refractivity contribution < 1.29 is 0 Å². The molecule has 0 fully saturated rings. The first kappa shape index (κ1) is 12.8. The molecule has 0 aliphatic carbocycles. The second kappa shape index (κ2) is 5.41. The number of benzene rings is 1. The van der Waals surface area contributed by atoms with Gasteiger partial charge in [-0.3, -0.25) is 0 Å². The van der Waals surface area contributed by atoms with Gasteiger partial charge >= 0.3 is 0 Å². The molecule has 4 heteroatoms. The molecule has 1 aromatic carbocycles. The van der Waals surface area contributed by atoms with Gasteiger partial charge in [-0.1, -0.05) is 32.0 Å². The molecule has 0 saturated heterocycles. The van der Waals surface area contributed by atoms with Crippen molar-refractivity contribution in [3.05, 3.63) is 40.7 Å². The Kier molecular flexibility index (Phi) is 3.64. The van der Waals surface area contributed by atoms with Crippen molar-refractivity contribution in [1.82, 2.24) is 10.3 Å². The first-order valence-electron chi connectivity index (χ1n) is 6.39. The van der Waals surface area contributed by atoms with Crippen LogP contribution in [0.2, 0.25) is 0 Å². The van der Waals surface area contributed by atoms with Gasteiger partial charge in [0.25, 0.3) is 0 Å². The van der Waals surface area contributed by atoms with E-state index in [-0.39, 0.29) is 0 Å². The molecule has 2 heterocycles. The molecule has 3 rings (SSSR count). The van der Waals surface area contributed by atoms with Crippen LogP contribution in [0.4, 0.5) is 0 Å². The van der Waals surface area contributed by atoms with E-state index in [4.69, 9.17) is 4.98 Å². The fourth-order valence-corrected chi connectivity index (χ4v) is 3.75. The molecular weight excluding hydrogens is 272 g/mol. The highest BCUT2D eigenvalue weighted by molar-refractivity contribution is 7.22. The predicted octanol–water partition coefficient (Wildman–Crippen LogP) is 4.52. The first-order chi connectivity index (χ1) is 9.22. The lowest BCUT2D eigenvalue weighted by atomic mass is 10.2. The second-order valence-electron chi connectivity index (χ2n) is 4.81. The molecule has 0 aliphatic heterocycles. The van der Waals surface area contributed by atoms with Gasteiger partial charge in [-0.15, -0.1) is 22.7 Å². The third-order valence-electron chi connectivity index (χ3n) is 2.89. The Morgan fingerprint density at radius 2 is 2.11 bits per heavy atom. The van der Waals surface area contributed by atoms with Crippen LogP contribution in [0.15, 0.2) is 35.7 Å². The molecule has 2 nitrogen and oxygen atoms in total. The Bertz CT molecular complexity index is 649. The largest absolute Gasteiger partial charge is 0.308 e. The minimum atomic E-state index is 0.497. The Hall–Kier alpha value is -1.23. The van der Waals surface area contributed by atoms with E-state index >= 15 is 0 Å².